The zero-order valence-electron chi connectivity index (χ0n) is 47.9. The van der Waals surface area contributed by atoms with Crippen molar-refractivity contribution in [1.82, 2.24) is 9.97 Å². The lowest BCUT2D eigenvalue weighted by Gasteiger charge is -2.19. The summed E-state index contributed by atoms with van der Waals surface area (Å²) in [5.41, 5.74) is 0. The quantitative estimate of drug-likeness (QED) is 0.0172. The van der Waals surface area contributed by atoms with Gasteiger partial charge in [0.05, 0.1) is 0 Å². The topological polar surface area (TPSA) is 84.1 Å². The van der Waals surface area contributed by atoms with Crippen LogP contribution < -0.4 is 27.9 Å². The number of nitrogens with zero attached hydrogens (tertiary/aromatic N) is 1. The molecule has 8 nitrogen and oxygen atoms in total. The zero-order chi connectivity index (χ0) is 71.9. The smallest absolute Gasteiger partial charge is 0.484 e. The van der Waals surface area contributed by atoms with Crippen molar-refractivity contribution < 1.29 is 160 Å². The summed E-state index contributed by atoms with van der Waals surface area (Å²) in [4.78, 5) is 7.44. The molecule has 40 heteroatoms. The highest BCUT2D eigenvalue weighted by Crippen LogP contribution is 2.38. The first-order valence-corrected chi connectivity index (χ1v) is 27.2. The summed E-state index contributed by atoms with van der Waals surface area (Å²) in [6, 6.07) is 0. The Morgan fingerprint density at radius 1 is 0.240 bits per heavy atom. The Hall–Kier alpha value is -8.64. The summed E-state index contributed by atoms with van der Waals surface area (Å²) in [6.45, 7) is 2.29. The fourth-order valence-electron chi connectivity index (χ4n) is 7.95. The molecule has 0 aliphatic rings. The predicted molar refractivity (Wildman–Crippen MR) is 270 cm³/mol. The number of H-pyrrole nitrogens is 1. The summed E-state index contributed by atoms with van der Waals surface area (Å²) >= 11 is 0. The molecule has 0 saturated carbocycles. The highest BCUT2D eigenvalue weighted by atomic mass is 19.2. The van der Waals surface area contributed by atoms with E-state index in [1.165, 1.54) is 96.3 Å². The van der Waals surface area contributed by atoms with Crippen molar-refractivity contribution in [2.75, 3.05) is 0 Å². The lowest BCUT2D eigenvalue weighted by Crippen LogP contribution is -2.39. The van der Waals surface area contributed by atoms with E-state index in [1.54, 1.807) is 0 Å². The molecular formula is C56H38B2F30N2O6. The number of nitrogens with one attached hydrogen (secondary N) is 1. The monoisotopic (exact) mass is 1430 g/mol. The van der Waals surface area contributed by atoms with E-state index in [2.05, 4.69) is 44.8 Å². The first-order valence-electron chi connectivity index (χ1n) is 27.2. The molecule has 0 aliphatic carbocycles. The maximum atomic E-state index is 13.9. The van der Waals surface area contributed by atoms with E-state index in [9.17, 15) is 132 Å². The number of rotatable bonds is 28. The Kier molecular flexibility index (Phi) is 28.3. The minimum Gasteiger partial charge on any atom is -0.484 e. The number of benzene rings is 6. The first kappa shape index (κ1) is 78.1. The Morgan fingerprint density at radius 2 is 0.396 bits per heavy atom. The van der Waals surface area contributed by atoms with Crippen LogP contribution in [0.25, 0.3) is 0 Å². The summed E-state index contributed by atoms with van der Waals surface area (Å²) in [6.07, 6.45) is 26.3. The van der Waals surface area contributed by atoms with E-state index in [4.69, 9.17) is 0 Å². The van der Waals surface area contributed by atoms with Crippen LogP contribution in [0.1, 0.15) is 109 Å². The van der Waals surface area contributed by atoms with Crippen LogP contribution in [0.4, 0.5) is 132 Å². The molecule has 6 aromatic carbocycles. The average Bonchev–Trinajstić information content (AvgIpc) is 0.838. The fraction of sp³-hybridized carbons (Fsp3) is 0.304. The predicted octanol–water partition coefficient (Wildman–Crippen LogP) is 19.4. The maximum Gasteiger partial charge on any atom is 0.864 e. The number of hydrogen-bond acceptors (Lipinski definition) is 7. The minimum atomic E-state index is -3.75. The Labute approximate surface area is 520 Å². The van der Waals surface area contributed by atoms with Crippen LogP contribution in [-0.2, 0) is 6.42 Å². The lowest BCUT2D eigenvalue weighted by atomic mass is 10.0. The van der Waals surface area contributed by atoms with Crippen LogP contribution in [0.2, 0.25) is 0 Å². The molecule has 0 radical (unpaired) electrons. The van der Waals surface area contributed by atoms with Crippen molar-refractivity contribution >= 4 is 14.6 Å². The van der Waals surface area contributed by atoms with E-state index in [0.29, 0.717) is 0 Å². The molecule has 1 N–H and O–H groups in total. The van der Waals surface area contributed by atoms with Gasteiger partial charge in [-0.25, -0.2) is 84.0 Å². The number of aromatic amines is 1. The SMILES string of the molecule is CCCCCCCCCCCCCCCCCc1ncc[nH]1.Fc1c(F)c(F)c(OB(Oc2c(F)c(F)c(F)c(F)c2F)Oc2c(F)c(F)c(F)c(F)c2F)c(F)c1F.Fc1c(F)c(F)c(OB(Oc2c(F)c(F)c(F)c(F)c2F)Oc2c(F)c(F)c(F)c(F)c2F)c(F)c1F. The molecule has 1 aromatic heterocycles. The number of imidazole rings is 1. The van der Waals surface area contributed by atoms with E-state index in [0.717, 1.165) is 12.2 Å². The van der Waals surface area contributed by atoms with Crippen molar-refractivity contribution in [3.05, 3.63) is 193 Å². The van der Waals surface area contributed by atoms with Crippen molar-refractivity contribution in [2.24, 2.45) is 0 Å². The van der Waals surface area contributed by atoms with Gasteiger partial charge in [0, 0.05) is 18.8 Å². The molecule has 7 rings (SSSR count). The molecule has 0 fully saturated rings. The van der Waals surface area contributed by atoms with Crippen molar-refractivity contribution in [3.63, 3.8) is 0 Å². The van der Waals surface area contributed by atoms with Crippen LogP contribution >= 0.6 is 0 Å². The van der Waals surface area contributed by atoms with Crippen molar-refractivity contribution in [3.8, 4) is 34.5 Å². The number of halogens is 30. The van der Waals surface area contributed by atoms with Crippen molar-refractivity contribution in [1.29, 1.82) is 0 Å². The molecule has 0 saturated heterocycles. The average molecular weight is 1430 g/mol. The second-order valence-electron chi connectivity index (χ2n) is 19.4. The Balaban J connectivity index is 0.000000270. The molecule has 7 aromatic rings. The zero-order valence-corrected chi connectivity index (χ0v) is 47.9. The third-order valence-electron chi connectivity index (χ3n) is 12.9. The van der Waals surface area contributed by atoms with Crippen LogP contribution in [0.3, 0.4) is 0 Å². The molecular weight excluding hydrogens is 1390 g/mol. The molecule has 0 amide bonds. The minimum absolute atomic E-state index is 1.12. The molecule has 96 heavy (non-hydrogen) atoms. The van der Waals surface area contributed by atoms with Gasteiger partial charge in [0.25, 0.3) is 0 Å². The lowest BCUT2D eigenvalue weighted by molar-refractivity contribution is 0.246. The summed E-state index contributed by atoms with van der Waals surface area (Å²) in [7, 11) is -7.51. The number of hydrogen-bond donors (Lipinski definition) is 1. The summed E-state index contributed by atoms with van der Waals surface area (Å²) in [5, 5.41) is 0. The van der Waals surface area contributed by atoms with Gasteiger partial charge in [-0.05, 0) is 6.42 Å². The molecule has 1 heterocycles. The molecule has 0 bridgehead atoms. The third-order valence-corrected chi connectivity index (χ3v) is 12.9. The molecule has 0 aliphatic heterocycles. The van der Waals surface area contributed by atoms with E-state index in [1.807, 2.05) is 12.4 Å². The normalized spacial score (nSPS) is 11.1. The van der Waals surface area contributed by atoms with Gasteiger partial charge in [-0.3, -0.25) is 0 Å². The Bertz CT molecular complexity index is 3170. The number of aromatic nitrogens is 2. The summed E-state index contributed by atoms with van der Waals surface area (Å²) < 4.78 is 431. The fourth-order valence-corrected chi connectivity index (χ4v) is 7.95. The second-order valence-corrected chi connectivity index (χ2v) is 19.4. The summed E-state index contributed by atoms with van der Waals surface area (Å²) in [5.74, 6) is -98.8. The molecule has 0 spiro atoms. The maximum absolute atomic E-state index is 13.9. The standard InChI is InChI=1S/C20H38N2.2C18BF15O3/c1-2-3-4-5-6-7-8-9-10-11-12-13-14-15-16-17-20-21-18-19-22-20;2*20-1-4(23)10(29)16(11(30)5(1)24)35-19(36-17-12(31)6(25)2(21)7(26)13(17)32)37-18-14(33)8(27)3(22)9(28)15(18)34/h18-19H,2-17H2,1H3,(H,21,22);;. The van der Waals surface area contributed by atoms with Gasteiger partial charge in [-0.1, -0.05) is 96.8 Å². The van der Waals surface area contributed by atoms with Gasteiger partial charge in [-0.2, -0.15) is 52.7 Å². The molecule has 0 atom stereocenters. The van der Waals surface area contributed by atoms with Crippen LogP contribution in [0.15, 0.2) is 12.4 Å². The van der Waals surface area contributed by atoms with Gasteiger partial charge < -0.3 is 32.9 Å². The first-order chi connectivity index (χ1) is 45.2. The van der Waals surface area contributed by atoms with Gasteiger partial charge in [0.2, 0.25) is 175 Å². The van der Waals surface area contributed by atoms with Crippen LogP contribution in [0, 0.1) is 175 Å². The van der Waals surface area contributed by atoms with Crippen LogP contribution in [-0.4, -0.2) is 24.6 Å². The second kappa shape index (κ2) is 34.9. The highest BCUT2D eigenvalue weighted by molar-refractivity contribution is 6.40. The van der Waals surface area contributed by atoms with E-state index >= 15 is 0 Å². The molecule has 0 unspecified atom stereocenters. The van der Waals surface area contributed by atoms with E-state index < -0.39 is 224 Å². The van der Waals surface area contributed by atoms with Gasteiger partial charge >= 0.3 is 14.6 Å². The molecule has 524 valence electrons. The number of aryl methyl sites for hydroxylation is 1. The largest absolute Gasteiger partial charge is 0.864 e. The van der Waals surface area contributed by atoms with Crippen molar-refractivity contribution in [2.45, 2.75) is 110 Å². The third kappa shape index (κ3) is 18.1. The van der Waals surface area contributed by atoms with Gasteiger partial charge in [0.1, 0.15) is 5.82 Å². The number of unbranched alkanes of at least 4 members (excludes halogenated alkanes) is 14. The Morgan fingerprint density at radius 3 is 0.552 bits per heavy atom. The van der Waals surface area contributed by atoms with Gasteiger partial charge in [0.15, 0.2) is 34.5 Å². The van der Waals surface area contributed by atoms with Crippen LogP contribution in [0.5, 0.6) is 34.5 Å². The van der Waals surface area contributed by atoms with Gasteiger partial charge in [-0.15, -0.1) is 0 Å². The van der Waals surface area contributed by atoms with E-state index in [-0.39, 0.29) is 0 Å². The highest BCUT2D eigenvalue weighted by Gasteiger charge is 2.45.